The van der Waals surface area contributed by atoms with E-state index in [1.165, 1.54) is 18.2 Å². The smallest absolute Gasteiger partial charge is 0.315 e. The van der Waals surface area contributed by atoms with Crippen LogP contribution in [-0.2, 0) is 9.53 Å². The molecule has 0 aromatic heterocycles. The lowest BCUT2D eigenvalue weighted by atomic mass is 9.76. The van der Waals surface area contributed by atoms with Crippen molar-refractivity contribution in [1.29, 1.82) is 0 Å². The molecule has 0 radical (unpaired) electrons. The molecule has 2 N–H and O–H groups in total. The number of hydrogen-bond acceptors (Lipinski definition) is 6. The first-order valence-electron chi connectivity index (χ1n) is 11.2. The molecule has 10 heteroatoms. The summed E-state index contributed by atoms with van der Waals surface area (Å²) in [4.78, 5) is 39.9. The number of esters is 1. The number of carbonyl (C=O) groups is 2. The van der Waals surface area contributed by atoms with Gasteiger partial charge in [-0.05, 0) is 49.1 Å². The molecule has 180 valence electrons. The highest BCUT2D eigenvalue weighted by Gasteiger charge is 2.49. The minimum atomic E-state index is -1.03. The molecule has 34 heavy (non-hydrogen) atoms. The second-order valence-electron chi connectivity index (χ2n) is 8.60. The molecule has 0 unspecified atom stereocenters. The van der Waals surface area contributed by atoms with Gasteiger partial charge in [0.2, 0.25) is 0 Å². The van der Waals surface area contributed by atoms with Gasteiger partial charge in [0, 0.05) is 39.8 Å². The van der Waals surface area contributed by atoms with Crippen LogP contribution in [0.15, 0.2) is 36.4 Å². The monoisotopic (exact) mass is 505 g/mol. The molecule has 4 rings (SSSR count). The lowest BCUT2D eigenvalue weighted by Crippen LogP contribution is -2.57. The van der Waals surface area contributed by atoms with Crippen LogP contribution in [0.3, 0.4) is 0 Å². The van der Waals surface area contributed by atoms with Gasteiger partial charge >= 0.3 is 5.97 Å². The molecule has 8 nitrogen and oxygen atoms in total. The van der Waals surface area contributed by atoms with Crippen LogP contribution in [0.1, 0.15) is 66.1 Å². The number of amides is 1. The van der Waals surface area contributed by atoms with E-state index >= 15 is 0 Å². The van der Waals surface area contributed by atoms with E-state index in [9.17, 15) is 19.7 Å². The van der Waals surface area contributed by atoms with E-state index in [2.05, 4.69) is 0 Å². The third kappa shape index (κ3) is 4.37. The molecule has 1 amide bonds. The minimum Gasteiger partial charge on any atom is -0.465 e. The zero-order chi connectivity index (χ0) is 24.6. The number of nitrogens with two attached hydrogens (primary N) is 1. The number of carbonyl (C=O) groups excluding carboxylic acids is 2. The summed E-state index contributed by atoms with van der Waals surface area (Å²) in [5.41, 5.74) is 7.24. The Kier molecular flexibility index (Phi) is 7.12. The van der Waals surface area contributed by atoms with Crippen LogP contribution in [0.4, 0.5) is 5.69 Å². The average molecular weight is 506 g/mol. The number of nitro groups is 1. The number of nitro benzene ring substituents is 1. The molecule has 1 saturated carbocycles. The number of hydrogen-bond donors (Lipinski definition) is 1. The van der Waals surface area contributed by atoms with Crippen LogP contribution in [0, 0.1) is 10.1 Å². The number of benzene rings is 2. The van der Waals surface area contributed by atoms with Crippen LogP contribution in [-0.4, -0.2) is 40.4 Å². The molecule has 1 aliphatic carbocycles. The Balaban J connectivity index is 1.99. The van der Waals surface area contributed by atoms with Crippen LogP contribution in [0.2, 0.25) is 10.0 Å². The van der Waals surface area contributed by atoms with Gasteiger partial charge < -0.3 is 15.4 Å². The fourth-order valence-corrected chi connectivity index (χ4v) is 5.63. The van der Waals surface area contributed by atoms with Gasteiger partial charge in [-0.25, -0.2) is 0 Å². The number of nitrogens with zero attached hydrogens (tertiary/aromatic N) is 2. The first-order valence-corrected chi connectivity index (χ1v) is 12.0. The van der Waals surface area contributed by atoms with E-state index < -0.39 is 22.9 Å². The molecule has 4 atom stereocenters. The molecule has 2 aliphatic rings. The molecule has 1 aliphatic heterocycles. The van der Waals surface area contributed by atoms with E-state index in [4.69, 9.17) is 33.7 Å². The van der Waals surface area contributed by atoms with Crippen molar-refractivity contribution in [2.75, 3.05) is 6.61 Å². The standard InChI is InChI=1S/C24H25Cl2N3O5/c1-2-34-24(31)21-17-12-14(29(32)33)8-10-15(17)23(30)28(20-6-4-3-5-19(20)27)22(21)16-9-7-13(25)11-18(16)26/h7-12,19-22H,2-6,27H2,1H3/t19-,20-,21+,22-/m0/s1. The molecule has 0 spiro atoms. The van der Waals surface area contributed by atoms with E-state index in [-0.39, 0.29) is 46.4 Å². The molecular weight excluding hydrogens is 481 g/mol. The lowest BCUT2D eigenvalue weighted by molar-refractivity contribution is -0.384. The third-order valence-corrected chi connectivity index (χ3v) is 7.18. The molecule has 2 aromatic carbocycles. The summed E-state index contributed by atoms with van der Waals surface area (Å²) >= 11 is 12.7. The maximum absolute atomic E-state index is 13.9. The maximum atomic E-state index is 13.9. The second kappa shape index (κ2) is 9.90. The zero-order valence-corrected chi connectivity index (χ0v) is 20.1. The largest absolute Gasteiger partial charge is 0.465 e. The number of halogens is 2. The molecule has 2 aromatic rings. The Morgan fingerprint density at radius 3 is 2.56 bits per heavy atom. The van der Waals surface area contributed by atoms with E-state index in [0.717, 1.165) is 19.3 Å². The van der Waals surface area contributed by atoms with Crippen LogP contribution in [0.5, 0.6) is 0 Å². The first-order chi connectivity index (χ1) is 16.2. The maximum Gasteiger partial charge on any atom is 0.315 e. The molecule has 1 heterocycles. The van der Waals surface area contributed by atoms with Gasteiger partial charge in [0.25, 0.3) is 11.6 Å². The van der Waals surface area contributed by atoms with Gasteiger partial charge in [-0.15, -0.1) is 0 Å². The molecular formula is C24H25Cl2N3O5. The fourth-order valence-electron chi connectivity index (χ4n) is 5.11. The van der Waals surface area contributed by atoms with E-state index in [0.29, 0.717) is 17.0 Å². The van der Waals surface area contributed by atoms with E-state index in [1.54, 1.807) is 30.0 Å². The van der Waals surface area contributed by atoms with Crippen LogP contribution in [0.25, 0.3) is 0 Å². The summed E-state index contributed by atoms with van der Waals surface area (Å²) in [6.07, 6.45) is 3.26. The Labute approximate surface area is 207 Å². The van der Waals surface area contributed by atoms with Crippen LogP contribution >= 0.6 is 23.2 Å². The first kappa shape index (κ1) is 24.4. The normalized spacial score (nSPS) is 24.5. The third-order valence-electron chi connectivity index (χ3n) is 6.62. The van der Waals surface area contributed by atoms with Gasteiger partial charge in [0.1, 0.15) is 5.92 Å². The van der Waals surface area contributed by atoms with Crippen molar-refractivity contribution in [2.24, 2.45) is 5.73 Å². The summed E-state index contributed by atoms with van der Waals surface area (Å²) < 4.78 is 5.40. The Morgan fingerprint density at radius 1 is 1.18 bits per heavy atom. The Hall–Kier alpha value is -2.68. The fraction of sp³-hybridized carbons (Fsp3) is 0.417. The lowest BCUT2D eigenvalue weighted by Gasteiger charge is -2.48. The predicted molar refractivity (Wildman–Crippen MR) is 128 cm³/mol. The molecule has 0 bridgehead atoms. The quantitative estimate of drug-likeness (QED) is 0.346. The van der Waals surface area contributed by atoms with E-state index in [1.807, 2.05) is 0 Å². The number of non-ortho nitro benzene ring substituents is 1. The van der Waals surface area contributed by atoms with Gasteiger partial charge in [-0.2, -0.15) is 0 Å². The van der Waals surface area contributed by atoms with Gasteiger partial charge in [0.05, 0.1) is 17.6 Å². The Bertz CT molecular complexity index is 1140. The summed E-state index contributed by atoms with van der Waals surface area (Å²) in [6, 6.07) is 7.34. The van der Waals surface area contributed by atoms with Gasteiger partial charge in [-0.1, -0.05) is 42.1 Å². The van der Waals surface area contributed by atoms with Crippen molar-refractivity contribution in [3.63, 3.8) is 0 Å². The van der Waals surface area contributed by atoms with Gasteiger partial charge in [-0.3, -0.25) is 19.7 Å². The number of fused-ring (bicyclic) bond motifs is 1. The van der Waals surface area contributed by atoms with Crippen molar-refractivity contribution in [3.05, 3.63) is 73.2 Å². The minimum absolute atomic E-state index is 0.109. The van der Waals surface area contributed by atoms with Crippen molar-refractivity contribution >= 4 is 40.8 Å². The van der Waals surface area contributed by atoms with Crippen molar-refractivity contribution in [2.45, 2.75) is 56.7 Å². The molecule has 0 saturated heterocycles. The average Bonchev–Trinajstić information content (AvgIpc) is 2.79. The topological polar surface area (TPSA) is 116 Å². The summed E-state index contributed by atoms with van der Waals surface area (Å²) in [7, 11) is 0. The molecule has 1 fully saturated rings. The van der Waals surface area contributed by atoms with Crippen LogP contribution < -0.4 is 5.73 Å². The predicted octanol–water partition coefficient (Wildman–Crippen LogP) is 5.02. The van der Waals surface area contributed by atoms with Gasteiger partial charge in [0.15, 0.2) is 0 Å². The van der Waals surface area contributed by atoms with Crippen molar-refractivity contribution in [3.8, 4) is 0 Å². The summed E-state index contributed by atoms with van der Waals surface area (Å²) in [6.45, 7) is 1.79. The second-order valence-corrected chi connectivity index (χ2v) is 9.44. The van der Waals surface area contributed by atoms with Crippen molar-refractivity contribution < 1.29 is 19.2 Å². The van der Waals surface area contributed by atoms with Crippen molar-refractivity contribution in [1.82, 2.24) is 4.90 Å². The highest BCUT2D eigenvalue weighted by molar-refractivity contribution is 6.35. The Morgan fingerprint density at radius 2 is 1.91 bits per heavy atom. The summed E-state index contributed by atoms with van der Waals surface area (Å²) in [5, 5.41) is 12.2. The SMILES string of the molecule is CCOC(=O)[C@@H]1c2cc([N+](=O)[O-])ccc2C(=O)N([C@H]2CCCC[C@@H]2N)[C@H]1c1ccc(Cl)cc1Cl. The number of rotatable bonds is 5. The zero-order valence-electron chi connectivity index (χ0n) is 18.6. The number of ether oxygens (including phenoxy) is 1. The highest BCUT2D eigenvalue weighted by Crippen LogP contribution is 2.48. The highest BCUT2D eigenvalue weighted by atomic mass is 35.5. The summed E-state index contributed by atoms with van der Waals surface area (Å²) in [5.74, 6) is -1.97.